The van der Waals surface area contributed by atoms with Crippen LogP contribution in [0.3, 0.4) is 0 Å². The van der Waals surface area contributed by atoms with Crippen LogP contribution in [0, 0.1) is 5.92 Å². The Bertz CT molecular complexity index is 378. The summed E-state index contributed by atoms with van der Waals surface area (Å²) in [6.07, 6.45) is 2.86. The Labute approximate surface area is 117 Å². The first-order valence-electron chi connectivity index (χ1n) is 7.23. The molecule has 0 saturated heterocycles. The monoisotopic (exact) mass is 265 g/mol. The third-order valence-corrected chi connectivity index (χ3v) is 2.86. The largest absolute Gasteiger partial charge is 0.490 e. The van der Waals surface area contributed by atoms with Crippen molar-refractivity contribution >= 4 is 0 Å². The van der Waals surface area contributed by atoms with Gasteiger partial charge in [-0.25, -0.2) is 9.97 Å². The second kappa shape index (κ2) is 8.10. The molecule has 0 amide bonds. The topological polar surface area (TPSA) is 47.0 Å². The molecule has 1 heterocycles. The highest BCUT2D eigenvalue weighted by atomic mass is 16.5. The fourth-order valence-electron chi connectivity index (χ4n) is 1.59. The minimum atomic E-state index is 0.338. The average Bonchev–Trinajstić information content (AvgIpc) is 2.36. The maximum Gasteiger partial charge on any atom is 0.160 e. The Morgan fingerprint density at radius 1 is 1.26 bits per heavy atom. The standard InChI is InChI=1S/C15H27N3O/c1-6-16-9-13-14(19-8-7-11(2)3)10-17-15(18-13)12(4)5/h10-12,16H,6-9H2,1-5H3. The molecule has 4 heteroatoms. The zero-order valence-corrected chi connectivity index (χ0v) is 12.9. The van der Waals surface area contributed by atoms with Gasteiger partial charge < -0.3 is 10.1 Å². The number of nitrogens with zero attached hydrogens (tertiary/aromatic N) is 2. The van der Waals surface area contributed by atoms with Crippen LogP contribution in [0.2, 0.25) is 0 Å². The van der Waals surface area contributed by atoms with E-state index in [-0.39, 0.29) is 0 Å². The van der Waals surface area contributed by atoms with Crippen molar-refractivity contribution in [3.63, 3.8) is 0 Å². The van der Waals surface area contributed by atoms with Gasteiger partial charge in [-0.05, 0) is 18.9 Å². The molecule has 4 nitrogen and oxygen atoms in total. The second-order valence-electron chi connectivity index (χ2n) is 5.51. The SMILES string of the molecule is CCNCc1nc(C(C)C)ncc1OCCC(C)C. The molecule has 0 bridgehead atoms. The summed E-state index contributed by atoms with van der Waals surface area (Å²) in [6.45, 7) is 13.1. The third kappa shape index (κ3) is 5.55. The van der Waals surface area contributed by atoms with E-state index < -0.39 is 0 Å². The first-order valence-corrected chi connectivity index (χ1v) is 7.23. The molecule has 0 atom stereocenters. The van der Waals surface area contributed by atoms with Crippen molar-refractivity contribution in [3.05, 3.63) is 17.7 Å². The van der Waals surface area contributed by atoms with Crippen molar-refractivity contribution in [1.82, 2.24) is 15.3 Å². The Balaban J connectivity index is 2.76. The second-order valence-corrected chi connectivity index (χ2v) is 5.51. The summed E-state index contributed by atoms with van der Waals surface area (Å²) in [5.74, 6) is 2.67. The number of nitrogens with one attached hydrogen (secondary N) is 1. The highest BCUT2D eigenvalue weighted by Crippen LogP contribution is 2.19. The van der Waals surface area contributed by atoms with E-state index in [9.17, 15) is 0 Å². The van der Waals surface area contributed by atoms with E-state index >= 15 is 0 Å². The van der Waals surface area contributed by atoms with Crippen LogP contribution in [-0.2, 0) is 6.54 Å². The lowest BCUT2D eigenvalue weighted by atomic mass is 10.1. The molecule has 1 aromatic heterocycles. The quantitative estimate of drug-likeness (QED) is 0.784. The highest BCUT2D eigenvalue weighted by molar-refractivity contribution is 5.25. The minimum absolute atomic E-state index is 0.338. The highest BCUT2D eigenvalue weighted by Gasteiger charge is 2.10. The van der Waals surface area contributed by atoms with Gasteiger partial charge in [0.15, 0.2) is 5.75 Å². The fourth-order valence-corrected chi connectivity index (χ4v) is 1.59. The number of hydrogen-bond acceptors (Lipinski definition) is 4. The molecule has 0 saturated carbocycles. The lowest BCUT2D eigenvalue weighted by Crippen LogP contribution is -2.16. The van der Waals surface area contributed by atoms with Gasteiger partial charge in [-0.3, -0.25) is 0 Å². The van der Waals surface area contributed by atoms with E-state index in [2.05, 4.69) is 49.9 Å². The molecule has 0 aliphatic heterocycles. The van der Waals surface area contributed by atoms with Gasteiger partial charge in [-0.1, -0.05) is 34.6 Å². The summed E-state index contributed by atoms with van der Waals surface area (Å²) in [5.41, 5.74) is 0.962. The van der Waals surface area contributed by atoms with E-state index in [0.717, 1.165) is 43.4 Å². The van der Waals surface area contributed by atoms with Gasteiger partial charge in [0, 0.05) is 12.5 Å². The van der Waals surface area contributed by atoms with E-state index in [1.165, 1.54) is 0 Å². The number of aromatic nitrogens is 2. The molecule has 0 aliphatic carbocycles. The summed E-state index contributed by atoms with van der Waals surface area (Å²) in [5, 5.41) is 3.30. The van der Waals surface area contributed by atoms with E-state index in [0.29, 0.717) is 11.8 Å². The molecule has 0 fully saturated rings. The predicted octanol–water partition coefficient (Wildman–Crippen LogP) is 3.13. The van der Waals surface area contributed by atoms with Crippen LogP contribution >= 0.6 is 0 Å². The van der Waals surface area contributed by atoms with E-state index in [1.807, 2.05) is 6.20 Å². The van der Waals surface area contributed by atoms with Crippen molar-refractivity contribution < 1.29 is 4.74 Å². The summed E-state index contributed by atoms with van der Waals surface area (Å²) < 4.78 is 5.81. The summed E-state index contributed by atoms with van der Waals surface area (Å²) in [4.78, 5) is 8.99. The van der Waals surface area contributed by atoms with Crippen LogP contribution < -0.4 is 10.1 Å². The van der Waals surface area contributed by atoms with Crippen LogP contribution in [-0.4, -0.2) is 23.1 Å². The maximum atomic E-state index is 5.81. The van der Waals surface area contributed by atoms with Crippen LogP contribution in [0.25, 0.3) is 0 Å². The zero-order chi connectivity index (χ0) is 14.3. The van der Waals surface area contributed by atoms with Crippen molar-refractivity contribution in [2.24, 2.45) is 5.92 Å². The fraction of sp³-hybridized carbons (Fsp3) is 0.733. The van der Waals surface area contributed by atoms with Gasteiger partial charge in [-0.15, -0.1) is 0 Å². The molecule has 1 aromatic rings. The Hall–Kier alpha value is -1.16. The van der Waals surface area contributed by atoms with Crippen molar-refractivity contribution in [1.29, 1.82) is 0 Å². The predicted molar refractivity (Wildman–Crippen MR) is 78.5 cm³/mol. The minimum Gasteiger partial charge on any atom is -0.490 e. The molecule has 0 aliphatic rings. The molecule has 0 unspecified atom stereocenters. The first-order chi connectivity index (χ1) is 9.04. The van der Waals surface area contributed by atoms with Gasteiger partial charge in [0.05, 0.1) is 18.5 Å². The van der Waals surface area contributed by atoms with Gasteiger partial charge >= 0.3 is 0 Å². The number of hydrogen-bond donors (Lipinski definition) is 1. The molecular formula is C15H27N3O. The van der Waals surface area contributed by atoms with Crippen LogP contribution in [0.1, 0.15) is 58.5 Å². The Morgan fingerprint density at radius 2 is 2.00 bits per heavy atom. The summed E-state index contributed by atoms with van der Waals surface area (Å²) in [6, 6.07) is 0. The smallest absolute Gasteiger partial charge is 0.160 e. The van der Waals surface area contributed by atoms with E-state index in [1.54, 1.807) is 0 Å². The molecular weight excluding hydrogens is 238 g/mol. The van der Waals surface area contributed by atoms with Crippen molar-refractivity contribution in [3.8, 4) is 5.75 Å². The Kier molecular flexibility index (Phi) is 6.78. The normalized spacial score (nSPS) is 11.3. The number of ether oxygens (including phenoxy) is 1. The number of rotatable bonds is 8. The van der Waals surface area contributed by atoms with Gasteiger partial charge in [0.2, 0.25) is 0 Å². The van der Waals surface area contributed by atoms with Crippen LogP contribution in [0.15, 0.2) is 6.20 Å². The molecule has 0 spiro atoms. The van der Waals surface area contributed by atoms with Gasteiger partial charge in [-0.2, -0.15) is 0 Å². The molecule has 1 N–H and O–H groups in total. The van der Waals surface area contributed by atoms with Crippen molar-refractivity contribution in [2.75, 3.05) is 13.2 Å². The molecule has 19 heavy (non-hydrogen) atoms. The van der Waals surface area contributed by atoms with Crippen LogP contribution in [0.4, 0.5) is 0 Å². The Morgan fingerprint density at radius 3 is 2.58 bits per heavy atom. The molecule has 108 valence electrons. The maximum absolute atomic E-state index is 5.81. The molecule has 0 aromatic carbocycles. The third-order valence-electron chi connectivity index (χ3n) is 2.86. The average molecular weight is 265 g/mol. The molecule has 1 rings (SSSR count). The summed E-state index contributed by atoms with van der Waals surface area (Å²) in [7, 11) is 0. The molecule has 0 radical (unpaired) electrons. The van der Waals surface area contributed by atoms with Gasteiger partial charge in [0.25, 0.3) is 0 Å². The lowest BCUT2D eigenvalue weighted by molar-refractivity contribution is 0.283. The van der Waals surface area contributed by atoms with Gasteiger partial charge in [0.1, 0.15) is 5.82 Å². The van der Waals surface area contributed by atoms with Crippen LogP contribution in [0.5, 0.6) is 5.75 Å². The summed E-state index contributed by atoms with van der Waals surface area (Å²) >= 11 is 0. The lowest BCUT2D eigenvalue weighted by Gasteiger charge is -2.14. The van der Waals surface area contributed by atoms with E-state index in [4.69, 9.17) is 4.74 Å². The van der Waals surface area contributed by atoms with Crippen molar-refractivity contribution in [2.45, 2.75) is 53.5 Å². The zero-order valence-electron chi connectivity index (χ0n) is 12.9. The first kappa shape index (κ1) is 15.9.